The van der Waals surface area contributed by atoms with Crippen LogP contribution < -0.4 is 0 Å². The topological polar surface area (TPSA) is 0 Å². The third-order valence-electron chi connectivity index (χ3n) is 4.35. The summed E-state index contributed by atoms with van der Waals surface area (Å²) in [6.07, 6.45) is 16.5. The fourth-order valence-electron chi connectivity index (χ4n) is 3.39. The van der Waals surface area contributed by atoms with Crippen LogP contribution in [0.3, 0.4) is 0 Å². The molecule has 0 amide bonds. The van der Waals surface area contributed by atoms with E-state index >= 15 is 0 Å². The lowest BCUT2D eigenvalue weighted by Gasteiger charge is -2.41. The van der Waals surface area contributed by atoms with Crippen molar-refractivity contribution in [3.8, 4) is 0 Å². The molecule has 0 bridgehead atoms. The first-order chi connectivity index (χ1) is 6.37. The Kier molecular flexibility index (Phi) is 2.76. The van der Waals surface area contributed by atoms with E-state index in [2.05, 4.69) is 19.1 Å². The van der Waals surface area contributed by atoms with E-state index in [1.54, 1.807) is 0 Å². The summed E-state index contributed by atoms with van der Waals surface area (Å²) in [6.45, 7) is 2.40. The Morgan fingerprint density at radius 1 is 1.23 bits per heavy atom. The first kappa shape index (κ1) is 9.30. The average molecular weight is 178 g/mol. The number of allylic oxidation sites excluding steroid dienone is 2. The molecule has 0 aromatic heterocycles. The van der Waals surface area contributed by atoms with Crippen molar-refractivity contribution in [2.45, 2.75) is 58.3 Å². The van der Waals surface area contributed by atoms with Crippen LogP contribution >= 0.6 is 0 Å². The van der Waals surface area contributed by atoms with Gasteiger partial charge >= 0.3 is 0 Å². The molecule has 13 heavy (non-hydrogen) atoms. The van der Waals surface area contributed by atoms with Gasteiger partial charge in [0.25, 0.3) is 0 Å². The summed E-state index contributed by atoms with van der Waals surface area (Å²) in [5.74, 6) is 0.929. The summed E-state index contributed by atoms with van der Waals surface area (Å²) in [5.41, 5.74) is 0.714. The van der Waals surface area contributed by atoms with E-state index in [0.717, 1.165) is 5.92 Å². The molecule has 74 valence electrons. The molecule has 0 nitrogen and oxygen atoms in total. The van der Waals surface area contributed by atoms with E-state index in [0.29, 0.717) is 5.41 Å². The lowest BCUT2D eigenvalue weighted by Crippen LogP contribution is -2.30. The number of rotatable bonds is 2. The fraction of sp³-hybridized carbons (Fsp3) is 0.846. The fourth-order valence-corrected chi connectivity index (χ4v) is 3.39. The average Bonchev–Trinajstić information content (AvgIpc) is 2.72. The van der Waals surface area contributed by atoms with E-state index in [1.807, 2.05) is 0 Å². The van der Waals surface area contributed by atoms with Gasteiger partial charge in [-0.15, -0.1) is 0 Å². The number of hydrogen-bond donors (Lipinski definition) is 0. The summed E-state index contributed by atoms with van der Waals surface area (Å²) < 4.78 is 0. The van der Waals surface area contributed by atoms with Gasteiger partial charge in [0.2, 0.25) is 0 Å². The predicted molar refractivity (Wildman–Crippen MR) is 57.7 cm³/mol. The first-order valence-electron chi connectivity index (χ1n) is 6.04. The van der Waals surface area contributed by atoms with Crippen LogP contribution in [0.1, 0.15) is 58.3 Å². The molecule has 1 unspecified atom stereocenters. The van der Waals surface area contributed by atoms with Crippen molar-refractivity contribution in [1.82, 2.24) is 0 Å². The van der Waals surface area contributed by atoms with Gasteiger partial charge in [-0.25, -0.2) is 0 Å². The minimum atomic E-state index is 0.714. The van der Waals surface area contributed by atoms with Crippen LogP contribution in [0.5, 0.6) is 0 Å². The lowest BCUT2D eigenvalue weighted by molar-refractivity contribution is 0.117. The van der Waals surface area contributed by atoms with Gasteiger partial charge in [0, 0.05) is 0 Å². The Morgan fingerprint density at radius 2 is 2.00 bits per heavy atom. The Labute approximate surface area is 82.4 Å². The Hall–Kier alpha value is -0.260. The zero-order valence-electron chi connectivity index (χ0n) is 8.89. The van der Waals surface area contributed by atoms with Crippen molar-refractivity contribution in [2.24, 2.45) is 11.3 Å². The molecule has 2 aliphatic carbocycles. The predicted octanol–water partition coefficient (Wildman–Crippen LogP) is 4.31. The minimum absolute atomic E-state index is 0.714. The molecule has 0 N–H and O–H groups in total. The Morgan fingerprint density at radius 3 is 2.54 bits per heavy atom. The molecule has 1 atom stereocenters. The summed E-state index contributed by atoms with van der Waals surface area (Å²) >= 11 is 0. The zero-order valence-corrected chi connectivity index (χ0v) is 8.89. The quantitative estimate of drug-likeness (QED) is 0.553. The summed E-state index contributed by atoms with van der Waals surface area (Å²) in [4.78, 5) is 0. The van der Waals surface area contributed by atoms with Crippen molar-refractivity contribution in [3.05, 3.63) is 12.2 Å². The van der Waals surface area contributed by atoms with Crippen LogP contribution in [0.15, 0.2) is 12.2 Å². The molecule has 2 rings (SSSR count). The minimum Gasteiger partial charge on any atom is -0.0882 e. The standard InChI is InChI=1S/C13H22/c1-2-13(10-6-3-7-11-13)12-8-4-5-9-12/h4,8,12H,2-3,5-7,9-11H2,1H3. The third-order valence-corrected chi connectivity index (χ3v) is 4.35. The highest BCUT2D eigenvalue weighted by atomic mass is 14.4. The maximum atomic E-state index is 2.51. The van der Waals surface area contributed by atoms with Crippen LogP contribution in [-0.4, -0.2) is 0 Å². The molecule has 0 aromatic rings. The maximum Gasteiger partial charge on any atom is -0.0174 e. The van der Waals surface area contributed by atoms with Crippen LogP contribution in [0.2, 0.25) is 0 Å². The molecular formula is C13H22. The second-order valence-electron chi connectivity index (χ2n) is 4.89. The molecule has 0 aliphatic heterocycles. The Balaban J connectivity index is 2.07. The highest BCUT2D eigenvalue weighted by Crippen LogP contribution is 2.48. The second-order valence-corrected chi connectivity index (χ2v) is 4.89. The highest BCUT2D eigenvalue weighted by Gasteiger charge is 2.37. The van der Waals surface area contributed by atoms with Gasteiger partial charge < -0.3 is 0 Å². The molecule has 0 spiro atoms. The van der Waals surface area contributed by atoms with Gasteiger partial charge in [-0.05, 0) is 43.4 Å². The molecule has 1 saturated carbocycles. The molecule has 0 aromatic carbocycles. The SMILES string of the molecule is CCC1(C2C=CCC2)CCCCC1. The monoisotopic (exact) mass is 178 g/mol. The third kappa shape index (κ3) is 1.68. The van der Waals surface area contributed by atoms with Crippen molar-refractivity contribution in [3.63, 3.8) is 0 Å². The second kappa shape index (κ2) is 3.86. The molecule has 0 saturated heterocycles. The van der Waals surface area contributed by atoms with Crippen molar-refractivity contribution in [1.29, 1.82) is 0 Å². The molecule has 0 heterocycles. The zero-order chi connectivity index (χ0) is 9.15. The van der Waals surface area contributed by atoms with Gasteiger partial charge in [0.15, 0.2) is 0 Å². The van der Waals surface area contributed by atoms with Crippen molar-refractivity contribution < 1.29 is 0 Å². The molecule has 2 aliphatic rings. The van der Waals surface area contributed by atoms with Crippen LogP contribution in [0.4, 0.5) is 0 Å². The van der Waals surface area contributed by atoms with Gasteiger partial charge in [-0.3, -0.25) is 0 Å². The maximum absolute atomic E-state index is 2.51. The van der Waals surface area contributed by atoms with Gasteiger partial charge in [-0.1, -0.05) is 38.3 Å². The van der Waals surface area contributed by atoms with E-state index in [9.17, 15) is 0 Å². The van der Waals surface area contributed by atoms with Gasteiger partial charge in [-0.2, -0.15) is 0 Å². The largest absolute Gasteiger partial charge is 0.0882 e. The van der Waals surface area contributed by atoms with E-state index in [1.165, 1.54) is 51.4 Å². The van der Waals surface area contributed by atoms with E-state index in [4.69, 9.17) is 0 Å². The van der Waals surface area contributed by atoms with Crippen LogP contribution in [0.25, 0.3) is 0 Å². The van der Waals surface area contributed by atoms with E-state index < -0.39 is 0 Å². The number of hydrogen-bond acceptors (Lipinski definition) is 0. The normalized spacial score (nSPS) is 32.2. The van der Waals surface area contributed by atoms with Crippen LogP contribution in [-0.2, 0) is 0 Å². The molecule has 1 fully saturated rings. The van der Waals surface area contributed by atoms with Crippen LogP contribution in [0, 0.1) is 11.3 Å². The molecule has 0 radical (unpaired) electrons. The van der Waals surface area contributed by atoms with E-state index in [-0.39, 0.29) is 0 Å². The molecule has 0 heteroatoms. The van der Waals surface area contributed by atoms with Crippen molar-refractivity contribution >= 4 is 0 Å². The summed E-state index contributed by atoms with van der Waals surface area (Å²) in [6, 6.07) is 0. The van der Waals surface area contributed by atoms with Gasteiger partial charge in [0.05, 0.1) is 0 Å². The first-order valence-corrected chi connectivity index (χ1v) is 6.04. The molecular weight excluding hydrogens is 156 g/mol. The highest BCUT2D eigenvalue weighted by molar-refractivity contribution is 5.04. The smallest absolute Gasteiger partial charge is 0.0174 e. The summed E-state index contributed by atoms with van der Waals surface area (Å²) in [7, 11) is 0. The van der Waals surface area contributed by atoms with Crippen molar-refractivity contribution in [2.75, 3.05) is 0 Å². The Bertz CT molecular complexity index is 184. The summed E-state index contributed by atoms with van der Waals surface area (Å²) in [5, 5.41) is 0. The lowest BCUT2D eigenvalue weighted by atomic mass is 9.64. The van der Waals surface area contributed by atoms with Gasteiger partial charge in [0.1, 0.15) is 0 Å².